The van der Waals surface area contributed by atoms with Gasteiger partial charge in [-0.25, -0.2) is 0 Å². The Labute approximate surface area is 318 Å². The maximum absolute atomic E-state index is 2.56. The van der Waals surface area contributed by atoms with E-state index in [0.29, 0.717) is 5.92 Å². The molecular formula is C52H46N2. The fourth-order valence-electron chi connectivity index (χ4n) is 8.83. The van der Waals surface area contributed by atoms with Gasteiger partial charge in [0.05, 0.1) is 22.2 Å². The van der Waals surface area contributed by atoms with Crippen molar-refractivity contribution in [3.63, 3.8) is 0 Å². The maximum atomic E-state index is 2.56. The molecule has 2 aromatic heterocycles. The molecule has 6 aromatic carbocycles. The molecule has 54 heavy (non-hydrogen) atoms. The molecular weight excluding hydrogens is 653 g/mol. The zero-order valence-electron chi connectivity index (χ0n) is 31.7. The fourth-order valence-corrected chi connectivity index (χ4v) is 8.83. The summed E-state index contributed by atoms with van der Waals surface area (Å²) in [7, 11) is 0. The maximum Gasteiger partial charge on any atom is 0.0541 e. The lowest BCUT2D eigenvalue weighted by Gasteiger charge is -2.19. The van der Waals surface area contributed by atoms with E-state index < -0.39 is 0 Å². The second-order valence-electron chi connectivity index (χ2n) is 14.6. The van der Waals surface area contributed by atoms with Crippen LogP contribution in [-0.2, 0) is 6.42 Å². The zero-order chi connectivity index (χ0) is 36.8. The Hall–Kier alpha value is -6.12. The molecule has 0 bridgehead atoms. The molecule has 0 saturated carbocycles. The van der Waals surface area contributed by atoms with Crippen molar-refractivity contribution in [2.45, 2.75) is 52.9 Å². The summed E-state index contributed by atoms with van der Waals surface area (Å²) in [6.07, 6.45) is 10.2. The summed E-state index contributed by atoms with van der Waals surface area (Å²) in [6, 6.07) is 54.0. The van der Waals surface area contributed by atoms with Crippen LogP contribution in [0, 0.1) is 6.92 Å². The Bertz CT molecular complexity index is 2840. The minimum absolute atomic E-state index is 0.500. The zero-order valence-corrected chi connectivity index (χ0v) is 31.7. The lowest BCUT2D eigenvalue weighted by molar-refractivity contribution is 0.773. The Morgan fingerprint density at radius 1 is 0.574 bits per heavy atom. The van der Waals surface area contributed by atoms with Crippen LogP contribution in [0.3, 0.4) is 0 Å². The molecule has 264 valence electrons. The molecule has 2 aliphatic carbocycles. The van der Waals surface area contributed by atoms with Crippen molar-refractivity contribution >= 4 is 61.2 Å². The van der Waals surface area contributed by atoms with Crippen LogP contribution in [0.15, 0.2) is 152 Å². The average molecular weight is 699 g/mol. The van der Waals surface area contributed by atoms with Crippen LogP contribution in [0.25, 0.3) is 72.6 Å². The van der Waals surface area contributed by atoms with E-state index in [9.17, 15) is 0 Å². The fraction of sp³-hybridized carbons (Fsp3) is 0.154. The van der Waals surface area contributed by atoms with Gasteiger partial charge in [0.2, 0.25) is 0 Å². The van der Waals surface area contributed by atoms with Gasteiger partial charge in [-0.3, -0.25) is 0 Å². The van der Waals surface area contributed by atoms with Crippen molar-refractivity contribution in [1.82, 2.24) is 9.13 Å². The van der Waals surface area contributed by atoms with Gasteiger partial charge in [-0.15, -0.1) is 0 Å². The SMILES string of the molecule is CC.Cc1ccc2c(cc3ccccc3c(-n3c4c(c5ccccc53)C=C(c3ccc5c(c3)c3ccccc3n5-c3ccccc3)CC4)c1)C=CCC2C. The number of para-hydroxylation sites is 3. The molecule has 1 unspecified atom stereocenters. The molecule has 2 aliphatic rings. The molecule has 2 heteroatoms. The summed E-state index contributed by atoms with van der Waals surface area (Å²) in [5.41, 5.74) is 15.6. The van der Waals surface area contributed by atoms with E-state index in [2.05, 4.69) is 187 Å². The quantitative estimate of drug-likeness (QED) is 0.174. The number of aromatic nitrogens is 2. The summed E-state index contributed by atoms with van der Waals surface area (Å²) >= 11 is 0. The van der Waals surface area contributed by atoms with Gasteiger partial charge in [0, 0.05) is 38.5 Å². The molecule has 0 radical (unpaired) electrons. The summed E-state index contributed by atoms with van der Waals surface area (Å²) in [6.45, 7) is 8.58. The minimum Gasteiger partial charge on any atom is -0.312 e. The van der Waals surface area contributed by atoms with Crippen LogP contribution in [0.5, 0.6) is 0 Å². The van der Waals surface area contributed by atoms with Crippen molar-refractivity contribution < 1.29 is 0 Å². The van der Waals surface area contributed by atoms with Gasteiger partial charge in [-0.05, 0) is 120 Å². The Kier molecular flexibility index (Phi) is 8.75. The molecule has 0 spiro atoms. The Morgan fingerprint density at radius 2 is 1.26 bits per heavy atom. The van der Waals surface area contributed by atoms with E-state index in [1.165, 1.54) is 93.9 Å². The van der Waals surface area contributed by atoms with Gasteiger partial charge < -0.3 is 9.13 Å². The second kappa shape index (κ2) is 14.0. The van der Waals surface area contributed by atoms with Crippen molar-refractivity contribution in [2.75, 3.05) is 0 Å². The molecule has 8 aromatic rings. The number of benzene rings is 5. The topological polar surface area (TPSA) is 9.86 Å². The summed E-state index contributed by atoms with van der Waals surface area (Å²) in [5.74, 6) is 0.500. The second-order valence-corrected chi connectivity index (χ2v) is 14.6. The van der Waals surface area contributed by atoms with E-state index in [0.717, 1.165) is 19.3 Å². The Balaban J connectivity index is 0.00000189. The van der Waals surface area contributed by atoms with Crippen LogP contribution < -0.4 is 0 Å². The number of nitrogens with zero attached hydrogens (tertiary/aromatic N) is 2. The summed E-state index contributed by atoms with van der Waals surface area (Å²) in [4.78, 5) is 0. The van der Waals surface area contributed by atoms with E-state index in [1.54, 1.807) is 0 Å². The first-order valence-corrected chi connectivity index (χ1v) is 19.6. The highest BCUT2D eigenvalue weighted by molar-refractivity contribution is 6.11. The lowest BCUT2D eigenvalue weighted by Crippen LogP contribution is -2.06. The van der Waals surface area contributed by atoms with Gasteiger partial charge >= 0.3 is 0 Å². The number of rotatable bonds is 3. The van der Waals surface area contributed by atoms with Crippen LogP contribution in [0.4, 0.5) is 0 Å². The largest absolute Gasteiger partial charge is 0.312 e. The van der Waals surface area contributed by atoms with E-state index in [-0.39, 0.29) is 0 Å². The monoisotopic (exact) mass is 698 g/mol. The smallest absolute Gasteiger partial charge is 0.0541 e. The number of hydrogen-bond acceptors (Lipinski definition) is 0. The minimum atomic E-state index is 0.500. The summed E-state index contributed by atoms with van der Waals surface area (Å²) in [5, 5.41) is 6.40. The molecule has 1 atom stereocenters. The third-order valence-electron chi connectivity index (χ3n) is 11.4. The first-order chi connectivity index (χ1) is 26.6. The average Bonchev–Trinajstić information content (AvgIpc) is 3.73. The normalized spacial score (nSPS) is 14.7. The van der Waals surface area contributed by atoms with Gasteiger partial charge in [0.1, 0.15) is 0 Å². The highest BCUT2D eigenvalue weighted by Crippen LogP contribution is 2.41. The molecule has 10 rings (SSSR count). The van der Waals surface area contributed by atoms with Gasteiger partial charge in [0.15, 0.2) is 0 Å². The van der Waals surface area contributed by atoms with E-state index >= 15 is 0 Å². The number of fused-ring (bicyclic) bond motifs is 8. The predicted octanol–water partition coefficient (Wildman–Crippen LogP) is 14.3. The van der Waals surface area contributed by atoms with Crippen molar-refractivity contribution in [1.29, 1.82) is 0 Å². The third kappa shape index (κ3) is 5.65. The molecule has 0 aliphatic heterocycles. The first kappa shape index (κ1) is 33.7. The van der Waals surface area contributed by atoms with Crippen molar-refractivity contribution in [3.8, 4) is 11.4 Å². The van der Waals surface area contributed by atoms with Crippen LogP contribution >= 0.6 is 0 Å². The Morgan fingerprint density at radius 3 is 2.07 bits per heavy atom. The number of aryl methyl sites for hydroxylation is 1. The van der Waals surface area contributed by atoms with Crippen molar-refractivity contribution in [2.24, 2.45) is 0 Å². The predicted molar refractivity (Wildman–Crippen MR) is 234 cm³/mol. The van der Waals surface area contributed by atoms with Crippen LogP contribution in [0.1, 0.15) is 73.0 Å². The highest BCUT2D eigenvalue weighted by Gasteiger charge is 2.23. The van der Waals surface area contributed by atoms with Crippen LogP contribution in [0.2, 0.25) is 0 Å². The first-order valence-electron chi connectivity index (χ1n) is 19.6. The van der Waals surface area contributed by atoms with Crippen LogP contribution in [-0.4, -0.2) is 9.13 Å². The summed E-state index contributed by atoms with van der Waals surface area (Å²) < 4.78 is 4.96. The van der Waals surface area contributed by atoms with E-state index in [4.69, 9.17) is 0 Å². The van der Waals surface area contributed by atoms with Gasteiger partial charge in [-0.2, -0.15) is 0 Å². The highest BCUT2D eigenvalue weighted by atomic mass is 15.0. The van der Waals surface area contributed by atoms with E-state index in [1.807, 2.05) is 13.8 Å². The molecule has 2 heterocycles. The lowest BCUT2D eigenvalue weighted by atomic mass is 9.89. The van der Waals surface area contributed by atoms with Gasteiger partial charge in [0.25, 0.3) is 0 Å². The van der Waals surface area contributed by atoms with Crippen molar-refractivity contribution in [3.05, 3.63) is 185 Å². The molecule has 0 N–H and O–H groups in total. The molecule has 0 amide bonds. The molecule has 0 saturated heterocycles. The number of allylic oxidation sites excluding steroid dienone is 2. The standard InChI is InChI=1S/C50H40N2.C2H6/c1-33-23-26-40-34(2)13-12-15-37(40)30-38-14-6-7-18-41(38)50(29-33)52-47-22-11-9-20-43(47)45-32-36(25-28-49(45)52)35-24-27-48-44(31-35)42-19-8-10-21-46(42)51(48)39-16-4-3-5-17-39;1-2/h3-12,14-24,26-27,29-32,34H,13,25,28H2,1-2H3;1-2H3. The third-order valence-corrected chi connectivity index (χ3v) is 11.4. The molecule has 2 nitrogen and oxygen atoms in total. The number of hydrogen-bond donors (Lipinski definition) is 0. The molecule has 0 fully saturated rings. The van der Waals surface area contributed by atoms with Gasteiger partial charge in [-0.1, -0.05) is 130 Å².